The number of amides is 1. The van der Waals surface area contributed by atoms with E-state index in [4.69, 9.17) is 11.6 Å². The van der Waals surface area contributed by atoms with Crippen molar-refractivity contribution in [1.29, 1.82) is 0 Å². The normalized spacial score (nSPS) is 16.9. The lowest BCUT2D eigenvalue weighted by Gasteiger charge is -2.11. The monoisotopic (exact) mass is 326 g/mol. The van der Waals surface area contributed by atoms with Crippen LogP contribution in [0.4, 0.5) is 0 Å². The highest BCUT2D eigenvalue weighted by Gasteiger charge is 2.28. The van der Waals surface area contributed by atoms with Crippen molar-refractivity contribution >= 4 is 29.4 Å². The summed E-state index contributed by atoms with van der Waals surface area (Å²) in [6, 6.07) is 16.9. The van der Waals surface area contributed by atoms with Crippen molar-refractivity contribution in [2.75, 3.05) is 6.54 Å². The zero-order chi connectivity index (χ0) is 16.1. The molecular weight excluding hydrogens is 312 g/mol. The number of hydrazone groups is 2. The lowest BCUT2D eigenvalue weighted by atomic mass is 9.94. The molecular formula is C17H15ClN4O. The molecule has 23 heavy (non-hydrogen) atoms. The van der Waals surface area contributed by atoms with Gasteiger partial charge in [-0.15, -0.1) is 0 Å². The Morgan fingerprint density at radius 2 is 1.96 bits per heavy atom. The van der Waals surface area contributed by atoms with Crippen molar-refractivity contribution in [2.24, 2.45) is 10.2 Å². The molecule has 0 radical (unpaired) electrons. The molecule has 0 spiro atoms. The SMILES string of the molecule is O=C(N/N=C/c1ccccc1)C1=NNCC1c1ccc(Cl)cc1. The molecule has 0 bridgehead atoms. The van der Waals surface area contributed by atoms with Gasteiger partial charge < -0.3 is 5.43 Å². The average molecular weight is 327 g/mol. The Morgan fingerprint density at radius 3 is 2.70 bits per heavy atom. The molecule has 2 aromatic rings. The standard InChI is InChI=1S/C17H15ClN4O/c18-14-8-6-13(7-9-14)15-11-20-21-16(15)17(23)22-19-10-12-4-2-1-3-5-12/h1-10,15,20H,11H2,(H,22,23)/b19-10+. The van der Waals surface area contributed by atoms with Gasteiger partial charge in [-0.2, -0.15) is 10.2 Å². The Morgan fingerprint density at radius 1 is 1.22 bits per heavy atom. The van der Waals surface area contributed by atoms with Gasteiger partial charge in [0.05, 0.1) is 12.1 Å². The first kappa shape index (κ1) is 15.2. The quantitative estimate of drug-likeness (QED) is 0.670. The minimum atomic E-state index is -0.317. The number of nitrogens with zero attached hydrogens (tertiary/aromatic N) is 2. The molecule has 1 atom stereocenters. The predicted molar refractivity (Wildman–Crippen MR) is 91.8 cm³/mol. The number of nitrogens with one attached hydrogen (secondary N) is 2. The number of carbonyl (C=O) groups excluding carboxylic acids is 1. The fourth-order valence-electron chi connectivity index (χ4n) is 2.34. The van der Waals surface area contributed by atoms with E-state index in [-0.39, 0.29) is 11.8 Å². The van der Waals surface area contributed by atoms with Gasteiger partial charge in [-0.05, 0) is 23.3 Å². The summed E-state index contributed by atoms with van der Waals surface area (Å²) in [5, 5.41) is 8.73. The van der Waals surface area contributed by atoms with Gasteiger partial charge in [0.1, 0.15) is 5.71 Å². The van der Waals surface area contributed by atoms with Crippen molar-refractivity contribution in [3.05, 3.63) is 70.7 Å². The van der Waals surface area contributed by atoms with Crippen molar-refractivity contribution in [1.82, 2.24) is 10.9 Å². The van der Waals surface area contributed by atoms with E-state index in [1.807, 2.05) is 42.5 Å². The van der Waals surface area contributed by atoms with Gasteiger partial charge in [0.2, 0.25) is 0 Å². The highest BCUT2D eigenvalue weighted by Crippen LogP contribution is 2.22. The number of rotatable bonds is 4. The summed E-state index contributed by atoms with van der Waals surface area (Å²) in [5.41, 5.74) is 7.70. The summed E-state index contributed by atoms with van der Waals surface area (Å²) < 4.78 is 0. The van der Waals surface area contributed by atoms with E-state index in [2.05, 4.69) is 21.1 Å². The van der Waals surface area contributed by atoms with Crippen LogP contribution in [0.2, 0.25) is 5.02 Å². The Labute approximate surface area is 139 Å². The molecule has 1 aliphatic rings. The zero-order valence-electron chi connectivity index (χ0n) is 12.2. The molecule has 0 aliphatic carbocycles. The van der Waals surface area contributed by atoms with Crippen LogP contribution in [0.1, 0.15) is 17.0 Å². The average Bonchev–Trinajstić information content (AvgIpc) is 3.06. The minimum Gasteiger partial charge on any atom is -0.309 e. The molecule has 2 aromatic carbocycles. The minimum absolute atomic E-state index is 0.112. The van der Waals surface area contributed by atoms with Crippen LogP contribution in [-0.2, 0) is 4.79 Å². The first-order valence-electron chi connectivity index (χ1n) is 7.18. The fourth-order valence-corrected chi connectivity index (χ4v) is 2.46. The molecule has 6 heteroatoms. The summed E-state index contributed by atoms with van der Waals surface area (Å²) in [4.78, 5) is 12.3. The van der Waals surface area contributed by atoms with Gasteiger partial charge in [0, 0.05) is 11.6 Å². The summed E-state index contributed by atoms with van der Waals surface area (Å²) in [6.45, 7) is 0.576. The van der Waals surface area contributed by atoms with Crippen LogP contribution in [0.25, 0.3) is 0 Å². The fraction of sp³-hybridized carbons (Fsp3) is 0.118. The first-order valence-corrected chi connectivity index (χ1v) is 7.56. The molecule has 0 aromatic heterocycles. The van der Waals surface area contributed by atoms with E-state index >= 15 is 0 Å². The van der Waals surface area contributed by atoms with Gasteiger partial charge in [0.15, 0.2) is 0 Å². The largest absolute Gasteiger partial charge is 0.309 e. The number of halogens is 1. The van der Waals surface area contributed by atoms with E-state index in [0.29, 0.717) is 17.3 Å². The number of benzene rings is 2. The lowest BCUT2D eigenvalue weighted by molar-refractivity contribution is -0.114. The Hall–Kier alpha value is -2.66. The molecule has 1 unspecified atom stereocenters. The van der Waals surface area contributed by atoms with Crippen molar-refractivity contribution < 1.29 is 4.79 Å². The molecule has 2 N–H and O–H groups in total. The molecule has 1 heterocycles. The number of hydrogen-bond acceptors (Lipinski definition) is 4. The maximum absolute atomic E-state index is 12.3. The maximum atomic E-state index is 12.3. The molecule has 1 amide bonds. The third-order valence-electron chi connectivity index (χ3n) is 3.51. The molecule has 3 rings (SSSR count). The first-order chi connectivity index (χ1) is 11.2. The van der Waals surface area contributed by atoms with Crippen LogP contribution >= 0.6 is 11.6 Å². The van der Waals surface area contributed by atoms with Crippen LogP contribution in [0.15, 0.2) is 64.8 Å². The van der Waals surface area contributed by atoms with Gasteiger partial charge in [-0.25, -0.2) is 5.43 Å². The highest BCUT2D eigenvalue weighted by atomic mass is 35.5. The molecule has 1 aliphatic heterocycles. The second-order valence-electron chi connectivity index (χ2n) is 5.07. The summed E-state index contributed by atoms with van der Waals surface area (Å²) in [6.07, 6.45) is 1.60. The summed E-state index contributed by atoms with van der Waals surface area (Å²) >= 11 is 5.90. The number of hydrogen-bond donors (Lipinski definition) is 2. The second kappa shape index (κ2) is 7.07. The molecule has 0 saturated carbocycles. The van der Waals surface area contributed by atoms with E-state index in [0.717, 1.165) is 11.1 Å². The van der Waals surface area contributed by atoms with Crippen LogP contribution in [-0.4, -0.2) is 24.4 Å². The Bertz CT molecular complexity index is 741. The Balaban J connectivity index is 1.66. The summed E-state index contributed by atoms with van der Waals surface area (Å²) in [5.74, 6) is -0.429. The third kappa shape index (κ3) is 3.76. The van der Waals surface area contributed by atoms with Crippen LogP contribution in [0.5, 0.6) is 0 Å². The van der Waals surface area contributed by atoms with Crippen LogP contribution in [0, 0.1) is 0 Å². The highest BCUT2D eigenvalue weighted by molar-refractivity contribution is 6.41. The second-order valence-corrected chi connectivity index (χ2v) is 5.51. The topological polar surface area (TPSA) is 65.8 Å². The van der Waals surface area contributed by atoms with Gasteiger partial charge in [-0.1, -0.05) is 54.1 Å². The smallest absolute Gasteiger partial charge is 0.288 e. The molecule has 116 valence electrons. The molecule has 5 nitrogen and oxygen atoms in total. The Kier molecular flexibility index (Phi) is 4.68. The van der Waals surface area contributed by atoms with E-state index < -0.39 is 0 Å². The summed E-state index contributed by atoms with van der Waals surface area (Å²) in [7, 11) is 0. The van der Waals surface area contributed by atoms with Crippen LogP contribution in [0.3, 0.4) is 0 Å². The van der Waals surface area contributed by atoms with Crippen LogP contribution < -0.4 is 10.9 Å². The van der Waals surface area contributed by atoms with E-state index in [1.54, 1.807) is 18.3 Å². The maximum Gasteiger partial charge on any atom is 0.288 e. The van der Waals surface area contributed by atoms with Crippen molar-refractivity contribution in [2.45, 2.75) is 5.92 Å². The third-order valence-corrected chi connectivity index (χ3v) is 3.76. The van der Waals surface area contributed by atoms with E-state index in [1.165, 1.54) is 0 Å². The lowest BCUT2D eigenvalue weighted by Crippen LogP contribution is -2.30. The molecule has 0 fully saturated rings. The van der Waals surface area contributed by atoms with E-state index in [9.17, 15) is 4.79 Å². The van der Waals surface area contributed by atoms with Gasteiger partial charge in [-0.3, -0.25) is 4.79 Å². The zero-order valence-corrected chi connectivity index (χ0v) is 13.0. The number of carbonyl (C=O) groups is 1. The van der Waals surface area contributed by atoms with Crippen molar-refractivity contribution in [3.8, 4) is 0 Å². The molecule has 0 saturated heterocycles. The van der Waals surface area contributed by atoms with Gasteiger partial charge in [0.25, 0.3) is 5.91 Å². The van der Waals surface area contributed by atoms with Gasteiger partial charge >= 0.3 is 0 Å². The van der Waals surface area contributed by atoms with Crippen molar-refractivity contribution in [3.63, 3.8) is 0 Å². The predicted octanol–water partition coefficient (Wildman–Crippen LogP) is 2.53.